The van der Waals surface area contributed by atoms with E-state index in [4.69, 9.17) is 0 Å². The smallest absolute Gasteiger partial charge is 0.0726 e. The lowest BCUT2D eigenvalue weighted by Gasteiger charge is -2.17. The lowest BCUT2D eigenvalue weighted by Crippen LogP contribution is -2.27. The Morgan fingerprint density at radius 3 is 2.74 bits per heavy atom. The molecule has 1 aromatic rings. The van der Waals surface area contributed by atoms with Crippen LogP contribution in [0.4, 0.5) is 5.69 Å². The molecule has 0 amide bonds. The van der Waals surface area contributed by atoms with Crippen LogP contribution >= 0.6 is 0 Å². The lowest BCUT2D eigenvalue weighted by atomic mass is 10.1. The number of anilines is 1. The average Bonchev–Trinajstić information content (AvgIpc) is 3.09. The van der Waals surface area contributed by atoms with Crippen LogP contribution in [0.5, 0.6) is 0 Å². The Balaban J connectivity index is 1.71. The third-order valence-corrected chi connectivity index (χ3v) is 4.24. The van der Waals surface area contributed by atoms with Crippen molar-refractivity contribution >= 4 is 5.69 Å². The molecule has 0 atom stereocenters. The summed E-state index contributed by atoms with van der Waals surface area (Å²) in [5.41, 5.74) is 1.17. The van der Waals surface area contributed by atoms with Gasteiger partial charge in [-0.1, -0.05) is 26.7 Å². The highest BCUT2D eigenvalue weighted by Crippen LogP contribution is 2.24. The summed E-state index contributed by atoms with van der Waals surface area (Å²) < 4.78 is 2.05. The average molecular weight is 264 g/mol. The van der Waals surface area contributed by atoms with Gasteiger partial charge in [0, 0.05) is 19.3 Å². The minimum Gasteiger partial charge on any atom is -0.382 e. The number of likely N-dealkylation sites (N-methyl/N-ethyl adjacent to an activating group) is 1. The van der Waals surface area contributed by atoms with Crippen LogP contribution in [0.1, 0.15) is 39.5 Å². The zero-order valence-electron chi connectivity index (χ0n) is 12.4. The zero-order chi connectivity index (χ0) is 13.5. The molecule has 0 aliphatic heterocycles. The van der Waals surface area contributed by atoms with Gasteiger partial charge in [0.2, 0.25) is 0 Å². The summed E-state index contributed by atoms with van der Waals surface area (Å²) in [5, 5.41) is 7.96. The Morgan fingerprint density at radius 2 is 2.05 bits per heavy atom. The Bertz CT molecular complexity index is 330. The molecule has 0 spiro atoms. The molecule has 0 unspecified atom stereocenters. The van der Waals surface area contributed by atoms with Gasteiger partial charge in [0.05, 0.1) is 18.4 Å². The molecule has 19 heavy (non-hydrogen) atoms. The molecule has 1 saturated carbocycles. The molecule has 1 fully saturated rings. The van der Waals surface area contributed by atoms with E-state index in [0.717, 1.165) is 38.6 Å². The fourth-order valence-corrected chi connectivity index (χ4v) is 2.84. The van der Waals surface area contributed by atoms with E-state index in [0.29, 0.717) is 0 Å². The summed E-state index contributed by atoms with van der Waals surface area (Å²) in [4.78, 5) is 2.42. The molecule has 0 saturated heterocycles. The highest BCUT2D eigenvalue weighted by Gasteiger charge is 2.14. The second kappa shape index (κ2) is 7.53. The molecule has 1 heterocycles. The van der Waals surface area contributed by atoms with Crippen molar-refractivity contribution in [2.24, 2.45) is 5.92 Å². The first-order valence-electron chi connectivity index (χ1n) is 7.80. The van der Waals surface area contributed by atoms with Crippen LogP contribution in [0.15, 0.2) is 12.4 Å². The zero-order valence-corrected chi connectivity index (χ0v) is 12.4. The Morgan fingerprint density at radius 1 is 1.32 bits per heavy atom. The number of nitrogens with zero attached hydrogens (tertiary/aromatic N) is 3. The monoisotopic (exact) mass is 264 g/mol. The van der Waals surface area contributed by atoms with Gasteiger partial charge in [0.1, 0.15) is 0 Å². The van der Waals surface area contributed by atoms with Gasteiger partial charge in [-0.15, -0.1) is 0 Å². The number of rotatable bonds is 8. The van der Waals surface area contributed by atoms with Gasteiger partial charge in [0.25, 0.3) is 0 Å². The Hall–Kier alpha value is -1.03. The largest absolute Gasteiger partial charge is 0.382 e. The molecule has 1 aliphatic rings. The van der Waals surface area contributed by atoms with Gasteiger partial charge in [-0.25, -0.2) is 0 Å². The third-order valence-electron chi connectivity index (χ3n) is 4.24. The molecule has 4 nitrogen and oxygen atoms in total. The molecular weight excluding hydrogens is 236 g/mol. The van der Waals surface area contributed by atoms with Crippen molar-refractivity contribution in [3.8, 4) is 0 Å². The minimum absolute atomic E-state index is 0.874. The fraction of sp³-hybridized carbons (Fsp3) is 0.800. The van der Waals surface area contributed by atoms with E-state index in [9.17, 15) is 0 Å². The summed E-state index contributed by atoms with van der Waals surface area (Å²) in [7, 11) is 0. The quantitative estimate of drug-likeness (QED) is 0.784. The molecule has 0 radical (unpaired) electrons. The number of hydrogen-bond donors (Lipinski definition) is 1. The first kappa shape index (κ1) is 14.4. The van der Waals surface area contributed by atoms with Gasteiger partial charge >= 0.3 is 0 Å². The van der Waals surface area contributed by atoms with E-state index >= 15 is 0 Å². The van der Waals surface area contributed by atoms with Crippen molar-refractivity contribution in [2.45, 2.75) is 46.1 Å². The van der Waals surface area contributed by atoms with Gasteiger partial charge in [0.15, 0.2) is 0 Å². The highest BCUT2D eigenvalue weighted by molar-refractivity contribution is 5.38. The second-order valence-electron chi connectivity index (χ2n) is 5.55. The topological polar surface area (TPSA) is 33.1 Å². The first-order valence-corrected chi connectivity index (χ1v) is 7.80. The predicted molar refractivity (Wildman–Crippen MR) is 80.5 cm³/mol. The van der Waals surface area contributed by atoms with E-state index < -0.39 is 0 Å². The summed E-state index contributed by atoms with van der Waals surface area (Å²) in [6.07, 6.45) is 9.70. The van der Waals surface area contributed by atoms with Crippen molar-refractivity contribution in [1.82, 2.24) is 14.7 Å². The van der Waals surface area contributed by atoms with Gasteiger partial charge in [-0.05, 0) is 31.8 Å². The van der Waals surface area contributed by atoms with Crippen molar-refractivity contribution in [3.63, 3.8) is 0 Å². The summed E-state index contributed by atoms with van der Waals surface area (Å²) >= 11 is 0. The summed E-state index contributed by atoms with van der Waals surface area (Å²) in [5.74, 6) is 0.874. The standard InChI is InChI=1S/C15H28N4/c1-3-18(4-2)9-10-19-13-15(12-17-19)16-11-14-7-5-6-8-14/h12-14,16H,3-11H2,1-2H3. The van der Waals surface area contributed by atoms with Crippen molar-refractivity contribution < 1.29 is 0 Å². The maximum absolute atomic E-state index is 4.43. The number of hydrogen-bond acceptors (Lipinski definition) is 3. The van der Waals surface area contributed by atoms with E-state index in [1.807, 2.05) is 6.20 Å². The highest BCUT2D eigenvalue weighted by atomic mass is 15.3. The van der Waals surface area contributed by atoms with Crippen molar-refractivity contribution in [1.29, 1.82) is 0 Å². The molecule has 1 N–H and O–H groups in total. The molecule has 0 aromatic carbocycles. The number of nitrogens with one attached hydrogen (secondary N) is 1. The minimum atomic E-state index is 0.874. The second-order valence-corrected chi connectivity index (χ2v) is 5.55. The fourth-order valence-electron chi connectivity index (χ4n) is 2.84. The normalized spacial score (nSPS) is 16.4. The van der Waals surface area contributed by atoms with Gasteiger partial charge in [-0.3, -0.25) is 4.68 Å². The van der Waals surface area contributed by atoms with Crippen LogP contribution in [0.2, 0.25) is 0 Å². The van der Waals surface area contributed by atoms with Crippen LogP contribution in [-0.2, 0) is 6.54 Å². The van der Waals surface area contributed by atoms with Crippen LogP contribution in [0, 0.1) is 5.92 Å². The lowest BCUT2D eigenvalue weighted by molar-refractivity contribution is 0.285. The first-order chi connectivity index (χ1) is 9.31. The third kappa shape index (κ3) is 4.53. The SMILES string of the molecule is CCN(CC)CCn1cc(NCC2CCCC2)cn1. The summed E-state index contributed by atoms with van der Waals surface area (Å²) in [6.45, 7) is 9.82. The molecule has 108 valence electrons. The maximum Gasteiger partial charge on any atom is 0.0726 e. The molecule has 0 bridgehead atoms. The van der Waals surface area contributed by atoms with Gasteiger partial charge < -0.3 is 10.2 Å². The predicted octanol–water partition coefficient (Wildman–Crippen LogP) is 2.83. The van der Waals surface area contributed by atoms with Crippen molar-refractivity contribution in [3.05, 3.63) is 12.4 Å². The molecular formula is C15H28N4. The molecule has 2 rings (SSSR count). The van der Waals surface area contributed by atoms with Crippen molar-refractivity contribution in [2.75, 3.05) is 31.5 Å². The Labute approximate surface area is 117 Å². The summed E-state index contributed by atoms with van der Waals surface area (Å²) in [6, 6.07) is 0. The maximum atomic E-state index is 4.43. The van der Waals surface area contributed by atoms with Crippen LogP contribution in [0.25, 0.3) is 0 Å². The van der Waals surface area contributed by atoms with Gasteiger partial charge in [-0.2, -0.15) is 5.10 Å². The van der Waals surface area contributed by atoms with Crippen LogP contribution < -0.4 is 5.32 Å². The number of aromatic nitrogens is 2. The van der Waals surface area contributed by atoms with E-state index in [1.54, 1.807) is 0 Å². The van der Waals surface area contributed by atoms with Crippen LogP contribution in [-0.4, -0.2) is 40.9 Å². The van der Waals surface area contributed by atoms with E-state index in [2.05, 4.69) is 40.0 Å². The van der Waals surface area contributed by atoms with E-state index in [-0.39, 0.29) is 0 Å². The Kier molecular flexibility index (Phi) is 5.70. The molecule has 4 heteroatoms. The molecule has 1 aliphatic carbocycles. The van der Waals surface area contributed by atoms with E-state index in [1.165, 1.54) is 31.4 Å². The van der Waals surface area contributed by atoms with Crippen LogP contribution in [0.3, 0.4) is 0 Å². The molecule has 1 aromatic heterocycles.